The molecule has 1 aliphatic heterocycles. The maximum absolute atomic E-state index is 2.81. The summed E-state index contributed by atoms with van der Waals surface area (Å²) >= 11 is 0. The number of hydrogen-bond acceptors (Lipinski definition) is 1. The van der Waals surface area contributed by atoms with Crippen LogP contribution in [0.25, 0.3) is 0 Å². The third-order valence-corrected chi connectivity index (χ3v) is 4.59. The molecule has 1 heterocycles. The van der Waals surface area contributed by atoms with Gasteiger partial charge in [0.1, 0.15) is 0 Å². The highest BCUT2D eigenvalue weighted by molar-refractivity contribution is 4.99. The van der Waals surface area contributed by atoms with Crippen LogP contribution >= 0.6 is 0 Å². The molecule has 0 bridgehead atoms. The van der Waals surface area contributed by atoms with E-state index in [1.807, 2.05) is 0 Å². The van der Waals surface area contributed by atoms with Gasteiger partial charge in [0.15, 0.2) is 0 Å². The second kappa shape index (κ2) is 4.08. The molecule has 0 aromatic rings. The Morgan fingerprint density at radius 2 is 1.80 bits per heavy atom. The predicted molar refractivity (Wildman–Crippen MR) is 66.0 cm³/mol. The average Bonchev–Trinajstić information content (AvgIpc) is 2.55. The first-order valence-electron chi connectivity index (χ1n) is 6.79. The number of likely N-dealkylation sites (tertiary alicyclic amines) is 1. The third kappa shape index (κ3) is 2.08. The fraction of sp³-hybridized carbons (Fsp3) is 1.00. The van der Waals surface area contributed by atoms with Crippen LogP contribution in [0.4, 0.5) is 0 Å². The first kappa shape index (κ1) is 11.4. The zero-order chi connectivity index (χ0) is 11.1. The van der Waals surface area contributed by atoms with Gasteiger partial charge in [0, 0.05) is 12.1 Å². The van der Waals surface area contributed by atoms with Crippen LogP contribution in [0.1, 0.15) is 59.8 Å². The minimum absolute atomic E-state index is 0.466. The Morgan fingerprint density at radius 1 is 1.13 bits per heavy atom. The largest absolute Gasteiger partial charge is 0.297 e. The van der Waals surface area contributed by atoms with Crippen LogP contribution in [0.5, 0.6) is 0 Å². The minimum atomic E-state index is 0.466. The van der Waals surface area contributed by atoms with Crippen LogP contribution in [0.3, 0.4) is 0 Å². The summed E-state index contributed by atoms with van der Waals surface area (Å²) < 4.78 is 0. The smallest absolute Gasteiger partial charge is 0.0150 e. The molecule has 15 heavy (non-hydrogen) atoms. The van der Waals surface area contributed by atoms with E-state index in [0.29, 0.717) is 5.41 Å². The first-order valence-corrected chi connectivity index (χ1v) is 6.79. The van der Waals surface area contributed by atoms with Gasteiger partial charge in [-0.3, -0.25) is 4.90 Å². The van der Waals surface area contributed by atoms with E-state index < -0.39 is 0 Å². The van der Waals surface area contributed by atoms with Crippen LogP contribution in [0.2, 0.25) is 0 Å². The SMILES string of the molecule is CCN1[C@H](C(C)(C)C)C[C@@H]2CCCC[C@@H]21. The molecule has 2 rings (SSSR count). The van der Waals surface area contributed by atoms with Gasteiger partial charge in [-0.1, -0.05) is 40.5 Å². The van der Waals surface area contributed by atoms with Crippen molar-refractivity contribution < 1.29 is 0 Å². The molecule has 0 spiro atoms. The van der Waals surface area contributed by atoms with Gasteiger partial charge in [-0.05, 0) is 37.1 Å². The molecule has 0 N–H and O–H groups in total. The predicted octanol–water partition coefficient (Wildman–Crippen LogP) is 3.69. The Bertz CT molecular complexity index is 216. The average molecular weight is 209 g/mol. The highest BCUT2D eigenvalue weighted by Crippen LogP contribution is 2.44. The fourth-order valence-corrected chi connectivity index (χ4v) is 3.86. The van der Waals surface area contributed by atoms with E-state index in [9.17, 15) is 0 Å². The molecule has 1 nitrogen and oxygen atoms in total. The molecule has 2 fully saturated rings. The van der Waals surface area contributed by atoms with E-state index in [-0.39, 0.29) is 0 Å². The van der Waals surface area contributed by atoms with Gasteiger partial charge in [0.25, 0.3) is 0 Å². The molecule has 3 atom stereocenters. The molecule has 88 valence electrons. The lowest BCUT2D eigenvalue weighted by atomic mass is 9.81. The fourth-order valence-electron chi connectivity index (χ4n) is 3.86. The van der Waals surface area contributed by atoms with Gasteiger partial charge < -0.3 is 0 Å². The Morgan fingerprint density at radius 3 is 2.40 bits per heavy atom. The van der Waals surface area contributed by atoms with Gasteiger partial charge >= 0.3 is 0 Å². The van der Waals surface area contributed by atoms with E-state index in [2.05, 4.69) is 32.6 Å². The van der Waals surface area contributed by atoms with Crippen molar-refractivity contribution in [1.29, 1.82) is 0 Å². The van der Waals surface area contributed by atoms with Crippen molar-refractivity contribution in [3.8, 4) is 0 Å². The molecule has 0 aromatic heterocycles. The van der Waals surface area contributed by atoms with Crippen LogP contribution in [0.15, 0.2) is 0 Å². The van der Waals surface area contributed by atoms with Crippen LogP contribution < -0.4 is 0 Å². The molecule has 2 aliphatic rings. The zero-order valence-electron chi connectivity index (χ0n) is 10.9. The van der Waals surface area contributed by atoms with Gasteiger partial charge in [0.2, 0.25) is 0 Å². The summed E-state index contributed by atoms with van der Waals surface area (Å²) in [5, 5.41) is 0. The van der Waals surface area contributed by atoms with Gasteiger partial charge in [-0.25, -0.2) is 0 Å². The second-order valence-corrected chi connectivity index (χ2v) is 6.56. The lowest BCUT2D eigenvalue weighted by Crippen LogP contribution is -2.44. The van der Waals surface area contributed by atoms with E-state index in [1.54, 1.807) is 0 Å². The number of fused-ring (bicyclic) bond motifs is 1. The molecular weight excluding hydrogens is 182 g/mol. The summed E-state index contributed by atoms with van der Waals surface area (Å²) in [7, 11) is 0. The number of rotatable bonds is 1. The summed E-state index contributed by atoms with van der Waals surface area (Å²) in [6.45, 7) is 10.8. The number of hydrogen-bond donors (Lipinski definition) is 0. The van der Waals surface area contributed by atoms with Crippen LogP contribution in [0, 0.1) is 11.3 Å². The van der Waals surface area contributed by atoms with Crippen molar-refractivity contribution in [2.45, 2.75) is 71.9 Å². The van der Waals surface area contributed by atoms with E-state index in [0.717, 1.165) is 18.0 Å². The van der Waals surface area contributed by atoms with Crippen molar-refractivity contribution in [3.05, 3.63) is 0 Å². The summed E-state index contributed by atoms with van der Waals surface area (Å²) in [5.41, 5.74) is 0.466. The monoisotopic (exact) mass is 209 g/mol. The molecule has 1 saturated heterocycles. The normalized spacial score (nSPS) is 38.0. The summed E-state index contributed by atoms with van der Waals surface area (Å²) in [5.74, 6) is 1.02. The van der Waals surface area contributed by atoms with Crippen molar-refractivity contribution >= 4 is 0 Å². The maximum atomic E-state index is 2.81. The number of nitrogens with zero attached hydrogens (tertiary/aromatic N) is 1. The van der Waals surface area contributed by atoms with Gasteiger partial charge in [-0.15, -0.1) is 0 Å². The molecule has 1 saturated carbocycles. The highest BCUT2D eigenvalue weighted by atomic mass is 15.2. The van der Waals surface area contributed by atoms with Gasteiger partial charge in [0.05, 0.1) is 0 Å². The minimum Gasteiger partial charge on any atom is -0.297 e. The maximum Gasteiger partial charge on any atom is 0.0150 e. The third-order valence-electron chi connectivity index (χ3n) is 4.59. The molecule has 0 aromatic carbocycles. The standard InChI is InChI=1S/C14H27N/c1-5-15-12-9-7-6-8-11(12)10-13(15)14(2,3)4/h11-13H,5-10H2,1-4H3/t11-,12-,13-/m0/s1. The zero-order valence-corrected chi connectivity index (χ0v) is 10.9. The molecule has 0 radical (unpaired) electrons. The molecule has 1 heteroatoms. The lowest BCUT2D eigenvalue weighted by molar-refractivity contribution is 0.0997. The van der Waals surface area contributed by atoms with E-state index >= 15 is 0 Å². The van der Waals surface area contributed by atoms with Crippen molar-refractivity contribution in [1.82, 2.24) is 4.90 Å². The highest BCUT2D eigenvalue weighted by Gasteiger charge is 2.45. The van der Waals surface area contributed by atoms with Crippen molar-refractivity contribution in [3.63, 3.8) is 0 Å². The van der Waals surface area contributed by atoms with Crippen LogP contribution in [-0.4, -0.2) is 23.5 Å². The van der Waals surface area contributed by atoms with Crippen molar-refractivity contribution in [2.75, 3.05) is 6.54 Å². The lowest BCUT2D eigenvalue weighted by Gasteiger charge is -2.38. The molecule has 1 aliphatic carbocycles. The summed E-state index contributed by atoms with van der Waals surface area (Å²) in [6.07, 6.45) is 7.37. The quantitative estimate of drug-likeness (QED) is 0.636. The van der Waals surface area contributed by atoms with E-state index in [4.69, 9.17) is 0 Å². The summed E-state index contributed by atoms with van der Waals surface area (Å²) in [4.78, 5) is 2.81. The Kier molecular flexibility index (Phi) is 3.12. The summed E-state index contributed by atoms with van der Waals surface area (Å²) in [6, 6.07) is 1.75. The van der Waals surface area contributed by atoms with Gasteiger partial charge in [-0.2, -0.15) is 0 Å². The topological polar surface area (TPSA) is 3.24 Å². The Hall–Kier alpha value is -0.0400. The first-order chi connectivity index (χ1) is 7.04. The molecular formula is C14H27N. The van der Waals surface area contributed by atoms with Crippen molar-refractivity contribution in [2.24, 2.45) is 11.3 Å². The van der Waals surface area contributed by atoms with E-state index in [1.165, 1.54) is 38.6 Å². The second-order valence-electron chi connectivity index (χ2n) is 6.56. The molecule has 0 amide bonds. The Balaban J connectivity index is 2.14. The Labute approximate surface area is 95.2 Å². The van der Waals surface area contributed by atoms with Crippen LogP contribution in [-0.2, 0) is 0 Å². The molecule has 0 unspecified atom stereocenters.